The highest BCUT2D eigenvalue weighted by Gasteiger charge is 1.23. The summed E-state index contributed by atoms with van der Waals surface area (Å²) < 4.78 is 0. The van der Waals surface area contributed by atoms with Gasteiger partial charge in [-0.2, -0.15) is 0 Å². The number of hydrogen-bond acceptors (Lipinski definition) is 4. The van der Waals surface area contributed by atoms with Gasteiger partial charge in [0.05, 0.1) is 0 Å². The highest BCUT2D eigenvalue weighted by Crippen LogP contribution is 0.819. The number of rotatable bonds is 0. The van der Waals surface area contributed by atoms with Crippen LogP contribution in [0.5, 0.6) is 0 Å². The molecule has 0 aliphatic carbocycles. The second-order valence-electron chi connectivity index (χ2n) is 0.577. The molecule has 5 heteroatoms. The first-order valence-electron chi connectivity index (χ1n) is 1.58. The Kier molecular flexibility index (Phi) is 79.8. The molecule has 7 heavy (non-hydrogen) atoms. The summed E-state index contributed by atoms with van der Waals surface area (Å²) in [5.41, 5.74) is 4.50. The number of nitrogens with two attached hydrogens (primary N) is 2. The maximum absolute atomic E-state index is 4.60. The highest BCUT2D eigenvalue weighted by atomic mass is 35.5. The van der Waals surface area contributed by atoms with Crippen LogP contribution in [0.1, 0.15) is 0 Å². The van der Waals surface area contributed by atoms with E-state index in [1.54, 1.807) is 14.1 Å². The van der Waals surface area contributed by atoms with Gasteiger partial charge in [0.25, 0.3) is 0 Å². The average Bonchev–Trinajstić information content (AvgIpc) is 1.39. The second kappa shape index (κ2) is 35.6. The molecule has 4 nitrogen and oxygen atoms in total. The fraction of sp³-hybridized carbons (Fsp3) is 1.00. The number of halogens is 1. The van der Waals surface area contributed by atoms with E-state index in [1.165, 1.54) is 0 Å². The van der Waals surface area contributed by atoms with E-state index in [0.29, 0.717) is 0 Å². The lowest BCUT2D eigenvalue weighted by molar-refractivity contribution is 0.900. The van der Waals surface area contributed by atoms with Gasteiger partial charge in [0.2, 0.25) is 0 Å². The van der Waals surface area contributed by atoms with E-state index in [-0.39, 0.29) is 12.4 Å². The Morgan fingerprint density at radius 3 is 1.00 bits per heavy atom. The molecule has 0 unspecified atom stereocenters. The molecule has 0 heterocycles. The molecular formula is C2H13ClN4. The monoisotopic (exact) mass is 128 g/mol. The SMILES string of the molecule is CNN.CNN.Cl. The molecule has 0 saturated heterocycles. The minimum Gasteiger partial charge on any atom is -0.272 e. The molecule has 0 radical (unpaired) electrons. The van der Waals surface area contributed by atoms with Crippen LogP contribution in [0.15, 0.2) is 0 Å². The largest absolute Gasteiger partial charge is 0.272 e. The molecule has 0 rings (SSSR count). The van der Waals surface area contributed by atoms with Gasteiger partial charge >= 0.3 is 0 Å². The lowest BCUT2D eigenvalue weighted by Gasteiger charge is -1.62. The molecule has 0 saturated carbocycles. The van der Waals surface area contributed by atoms with Gasteiger partial charge in [-0.3, -0.25) is 22.5 Å². The quantitative estimate of drug-likeness (QED) is 0.239. The Balaban J connectivity index is -0.0000000400. The van der Waals surface area contributed by atoms with Crippen LogP contribution in [0.25, 0.3) is 0 Å². The molecule has 0 aromatic rings. The van der Waals surface area contributed by atoms with E-state index in [2.05, 4.69) is 22.5 Å². The molecule has 0 spiro atoms. The minimum atomic E-state index is 0. The van der Waals surface area contributed by atoms with E-state index in [0.717, 1.165) is 0 Å². The van der Waals surface area contributed by atoms with Crippen LogP contribution in [-0.2, 0) is 0 Å². The summed E-state index contributed by atoms with van der Waals surface area (Å²) in [4.78, 5) is 0. The lowest BCUT2D eigenvalue weighted by atomic mass is 11.5. The molecule has 6 N–H and O–H groups in total. The zero-order valence-corrected chi connectivity index (χ0v) is 5.38. The van der Waals surface area contributed by atoms with Crippen molar-refractivity contribution in [2.75, 3.05) is 14.1 Å². The van der Waals surface area contributed by atoms with Gasteiger partial charge in [0, 0.05) is 0 Å². The summed E-state index contributed by atoms with van der Waals surface area (Å²) in [7, 11) is 3.31. The van der Waals surface area contributed by atoms with Gasteiger partial charge < -0.3 is 0 Å². The van der Waals surface area contributed by atoms with Crippen LogP contribution in [-0.4, -0.2) is 14.1 Å². The van der Waals surface area contributed by atoms with Gasteiger partial charge in [-0.25, -0.2) is 0 Å². The van der Waals surface area contributed by atoms with Gasteiger partial charge in [-0.1, -0.05) is 0 Å². The molecule has 0 aliphatic rings. The lowest BCUT2D eigenvalue weighted by Crippen LogP contribution is -2.13. The van der Waals surface area contributed by atoms with Crippen molar-refractivity contribution in [2.24, 2.45) is 11.7 Å². The van der Waals surface area contributed by atoms with Crippen molar-refractivity contribution in [3.63, 3.8) is 0 Å². The van der Waals surface area contributed by atoms with Gasteiger partial charge in [0.15, 0.2) is 0 Å². The molecule has 0 aliphatic heterocycles. The standard InChI is InChI=1S/2CH6N2.ClH/c2*1-3-2;/h2*3H,2H2,1H3;1H. The van der Waals surface area contributed by atoms with Crippen molar-refractivity contribution in [1.82, 2.24) is 10.9 Å². The zero-order valence-electron chi connectivity index (χ0n) is 4.56. The molecule has 0 aromatic carbocycles. The van der Waals surface area contributed by atoms with E-state index >= 15 is 0 Å². The number of hydrogen-bond donors (Lipinski definition) is 4. The summed E-state index contributed by atoms with van der Waals surface area (Å²) in [6.07, 6.45) is 0. The third-order valence-corrected chi connectivity index (χ3v) is 0. The van der Waals surface area contributed by atoms with Crippen LogP contribution in [0.2, 0.25) is 0 Å². The Hall–Kier alpha value is 0.130. The molecular weight excluding hydrogens is 116 g/mol. The maximum atomic E-state index is 4.60. The first kappa shape index (κ1) is 15.7. The number of hydrazine groups is 2. The normalized spacial score (nSPS) is 5.14. The van der Waals surface area contributed by atoms with Crippen LogP contribution in [0.4, 0.5) is 0 Å². The summed E-state index contributed by atoms with van der Waals surface area (Å²) in [5, 5.41) is 0. The van der Waals surface area contributed by atoms with E-state index in [4.69, 9.17) is 0 Å². The van der Waals surface area contributed by atoms with Crippen molar-refractivity contribution in [3.8, 4) is 0 Å². The van der Waals surface area contributed by atoms with Crippen LogP contribution in [0.3, 0.4) is 0 Å². The predicted octanol–water partition coefficient (Wildman–Crippen LogP) is -1.42. The van der Waals surface area contributed by atoms with E-state index < -0.39 is 0 Å². The number of nitrogens with one attached hydrogen (secondary N) is 2. The van der Waals surface area contributed by atoms with Crippen LogP contribution >= 0.6 is 12.4 Å². The van der Waals surface area contributed by atoms with Crippen molar-refractivity contribution in [2.45, 2.75) is 0 Å². The van der Waals surface area contributed by atoms with Gasteiger partial charge in [-0.05, 0) is 14.1 Å². The average molecular weight is 129 g/mol. The van der Waals surface area contributed by atoms with E-state index in [1.807, 2.05) is 0 Å². The Bertz CT molecular complexity index is 11.7. The summed E-state index contributed by atoms with van der Waals surface area (Å²) in [6, 6.07) is 0. The van der Waals surface area contributed by atoms with Crippen LogP contribution < -0.4 is 22.5 Å². The molecule has 0 amide bonds. The second-order valence-corrected chi connectivity index (χ2v) is 0.577. The van der Waals surface area contributed by atoms with Crippen LogP contribution in [0, 0.1) is 0 Å². The molecule has 48 valence electrons. The van der Waals surface area contributed by atoms with Crippen molar-refractivity contribution in [1.29, 1.82) is 0 Å². The molecule has 0 bridgehead atoms. The highest BCUT2D eigenvalue weighted by molar-refractivity contribution is 5.85. The first-order chi connectivity index (χ1) is 2.83. The predicted molar refractivity (Wildman–Crippen MR) is 33.7 cm³/mol. The van der Waals surface area contributed by atoms with Gasteiger partial charge in [-0.15, -0.1) is 12.4 Å². The molecule has 0 aromatic heterocycles. The maximum Gasteiger partial charge on any atom is -0.00172 e. The fourth-order valence-corrected chi connectivity index (χ4v) is 0. The molecule has 0 atom stereocenters. The fourth-order valence-electron chi connectivity index (χ4n) is 0. The summed E-state index contributed by atoms with van der Waals surface area (Å²) in [5.74, 6) is 9.19. The third kappa shape index (κ3) is 6190. The Labute approximate surface area is 50.0 Å². The van der Waals surface area contributed by atoms with Crippen molar-refractivity contribution >= 4 is 12.4 Å². The van der Waals surface area contributed by atoms with Gasteiger partial charge in [0.1, 0.15) is 0 Å². The summed E-state index contributed by atoms with van der Waals surface area (Å²) in [6.45, 7) is 0. The minimum absolute atomic E-state index is 0. The zero-order chi connectivity index (χ0) is 5.41. The topological polar surface area (TPSA) is 76.1 Å². The Morgan fingerprint density at radius 2 is 1.00 bits per heavy atom. The smallest absolute Gasteiger partial charge is 0.00172 e. The van der Waals surface area contributed by atoms with E-state index in [9.17, 15) is 0 Å². The third-order valence-electron chi connectivity index (χ3n) is 0. The Morgan fingerprint density at radius 1 is 1.00 bits per heavy atom. The molecule has 0 fully saturated rings. The van der Waals surface area contributed by atoms with Crippen molar-refractivity contribution in [3.05, 3.63) is 0 Å². The van der Waals surface area contributed by atoms with Crippen molar-refractivity contribution < 1.29 is 0 Å². The first-order valence-corrected chi connectivity index (χ1v) is 1.58. The summed E-state index contributed by atoms with van der Waals surface area (Å²) >= 11 is 0.